The Balaban J connectivity index is 1.57. The van der Waals surface area contributed by atoms with E-state index in [0.29, 0.717) is 0 Å². The number of aryl methyl sites for hydroxylation is 1. The molecule has 0 aliphatic heterocycles. The van der Waals surface area contributed by atoms with E-state index in [-0.39, 0.29) is 6.04 Å². The highest BCUT2D eigenvalue weighted by Crippen LogP contribution is 2.25. The Labute approximate surface area is 155 Å². The summed E-state index contributed by atoms with van der Waals surface area (Å²) in [5.41, 5.74) is 3.41. The van der Waals surface area contributed by atoms with Gasteiger partial charge in [0.25, 0.3) is 0 Å². The summed E-state index contributed by atoms with van der Waals surface area (Å²) in [5, 5.41) is 10.4. The second-order valence-corrected chi connectivity index (χ2v) is 7.95. The van der Waals surface area contributed by atoms with E-state index < -0.39 is 0 Å². The van der Waals surface area contributed by atoms with Crippen LogP contribution in [0, 0.1) is 6.92 Å². The van der Waals surface area contributed by atoms with Crippen LogP contribution in [0.25, 0.3) is 10.9 Å². The Morgan fingerprint density at radius 1 is 1.08 bits per heavy atom. The topological polar surface area (TPSA) is 37.8 Å². The van der Waals surface area contributed by atoms with Gasteiger partial charge in [0.1, 0.15) is 5.01 Å². The number of fused-ring (bicyclic) bond motifs is 1. The van der Waals surface area contributed by atoms with Gasteiger partial charge in [-0.1, -0.05) is 24.3 Å². The average Bonchev–Trinajstić information content (AvgIpc) is 3.30. The van der Waals surface area contributed by atoms with Gasteiger partial charge in [0, 0.05) is 40.5 Å². The molecule has 0 radical (unpaired) electrons. The zero-order chi connectivity index (χ0) is 17.1. The molecular weight excluding hydrogens is 346 g/mol. The highest BCUT2D eigenvalue weighted by molar-refractivity contribution is 7.10. The number of thiazole rings is 1. The van der Waals surface area contributed by atoms with E-state index in [9.17, 15) is 0 Å². The molecule has 4 aromatic rings. The molecule has 4 rings (SSSR count). The summed E-state index contributed by atoms with van der Waals surface area (Å²) in [4.78, 5) is 10.5. The van der Waals surface area contributed by atoms with Gasteiger partial charge in [-0.15, -0.1) is 22.7 Å². The minimum Gasteiger partial charge on any atom is -0.303 e. The van der Waals surface area contributed by atoms with Gasteiger partial charge in [-0.2, -0.15) is 0 Å². The third kappa shape index (κ3) is 3.79. The number of pyridine rings is 1. The van der Waals surface area contributed by atoms with E-state index in [1.54, 1.807) is 22.7 Å². The van der Waals surface area contributed by atoms with Gasteiger partial charge in [-0.05, 0) is 36.1 Å². The molecule has 0 amide bonds. The maximum Gasteiger partial charge on any atom is 0.110 e. The predicted octanol–water partition coefficient (Wildman–Crippen LogP) is 5.13. The van der Waals surface area contributed by atoms with Crippen LogP contribution >= 0.6 is 22.7 Å². The summed E-state index contributed by atoms with van der Waals surface area (Å²) in [6, 6.07) is 15.0. The molecule has 3 heterocycles. The van der Waals surface area contributed by atoms with Crippen LogP contribution in [0.4, 0.5) is 0 Å². The molecule has 25 heavy (non-hydrogen) atoms. The van der Waals surface area contributed by atoms with Gasteiger partial charge in [0.2, 0.25) is 0 Å². The summed E-state index contributed by atoms with van der Waals surface area (Å²) in [6.45, 7) is 2.86. The van der Waals surface area contributed by atoms with Crippen molar-refractivity contribution in [1.29, 1.82) is 0 Å². The largest absolute Gasteiger partial charge is 0.303 e. The number of nitrogens with zero attached hydrogens (tertiary/aromatic N) is 2. The molecule has 0 bridgehead atoms. The number of thiophene rings is 1. The van der Waals surface area contributed by atoms with Crippen LogP contribution < -0.4 is 5.32 Å². The number of aromatic nitrogens is 2. The molecule has 0 spiro atoms. The maximum absolute atomic E-state index is 4.71. The molecule has 0 saturated carbocycles. The summed E-state index contributed by atoms with van der Waals surface area (Å²) >= 11 is 3.54. The Morgan fingerprint density at radius 3 is 2.84 bits per heavy atom. The predicted molar refractivity (Wildman–Crippen MR) is 106 cm³/mol. The molecule has 3 nitrogen and oxygen atoms in total. The quantitative estimate of drug-likeness (QED) is 0.514. The number of nitrogens with one attached hydrogen (secondary N) is 1. The minimum atomic E-state index is 0.226. The average molecular weight is 366 g/mol. The molecule has 126 valence electrons. The van der Waals surface area contributed by atoms with Crippen molar-refractivity contribution in [3.05, 3.63) is 80.6 Å². The standard InChI is InChI=1S/C20H19N3S2/c1-14-13-25-20(23-14)19(11-16-6-4-10-24-16)22-12-15-5-2-8-18-17(15)7-3-9-21-18/h2-10,13,19,22H,11-12H2,1H3/t19-/m0/s1. The van der Waals surface area contributed by atoms with Gasteiger partial charge >= 0.3 is 0 Å². The lowest BCUT2D eigenvalue weighted by molar-refractivity contribution is 0.532. The molecule has 1 N–H and O–H groups in total. The van der Waals surface area contributed by atoms with Gasteiger partial charge < -0.3 is 5.32 Å². The molecule has 0 aliphatic rings. The van der Waals surface area contributed by atoms with Crippen molar-refractivity contribution in [3.8, 4) is 0 Å². The molecule has 0 saturated heterocycles. The Kier molecular flexibility index (Phi) is 4.88. The normalized spacial score (nSPS) is 12.5. The Hall–Kier alpha value is -2.08. The van der Waals surface area contributed by atoms with Crippen LogP contribution in [0.3, 0.4) is 0 Å². The highest BCUT2D eigenvalue weighted by Gasteiger charge is 2.16. The molecule has 5 heteroatoms. The first kappa shape index (κ1) is 16.4. The number of rotatable bonds is 6. The molecule has 1 aromatic carbocycles. The lowest BCUT2D eigenvalue weighted by atomic mass is 10.1. The monoisotopic (exact) mass is 365 g/mol. The van der Waals surface area contributed by atoms with Crippen LogP contribution in [0.2, 0.25) is 0 Å². The molecule has 3 aromatic heterocycles. The van der Waals surface area contributed by atoms with Crippen molar-refractivity contribution in [1.82, 2.24) is 15.3 Å². The second kappa shape index (κ2) is 7.44. The summed E-state index contributed by atoms with van der Waals surface area (Å²) in [7, 11) is 0. The molecular formula is C20H19N3S2. The number of hydrogen-bond donors (Lipinski definition) is 1. The van der Waals surface area contributed by atoms with E-state index in [1.807, 2.05) is 12.3 Å². The summed E-state index contributed by atoms with van der Waals surface area (Å²) in [5.74, 6) is 0. The molecule has 0 fully saturated rings. The second-order valence-electron chi connectivity index (χ2n) is 6.03. The van der Waals surface area contributed by atoms with Gasteiger partial charge in [-0.3, -0.25) is 4.98 Å². The first-order chi connectivity index (χ1) is 12.3. The van der Waals surface area contributed by atoms with Crippen molar-refractivity contribution < 1.29 is 0 Å². The lowest BCUT2D eigenvalue weighted by Crippen LogP contribution is -2.22. The van der Waals surface area contributed by atoms with E-state index >= 15 is 0 Å². The molecule has 0 unspecified atom stereocenters. The van der Waals surface area contributed by atoms with Gasteiger partial charge in [0.05, 0.1) is 11.6 Å². The van der Waals surface area contributed by atoms with Crippen LogP contribution in [0.5, 0.6) is 0 Å². The fourth-order valence-electron chi connectivity index (χ4n) is 2.96. The van der Waals surface area contributed by atoms with Gasteiger partial charge in [-0.25, -0.2) is 4.98 Å². The zero-order valence-corrected chi connectivity index (χ0v) is 15.6. The lowest BCUT2D eigenvalue weighted by Gasteiger charge is -2.17. The SMILES string of the molecule is Cc1csc([C@H](Cc2cccs2)NCc2cccc3ncccc23)n1. The van der Waals surface area contributed by atoms with Crippen molar-refractivity contribution in [2.24, 2.45) is 0 Å². The van der Waals surface area contributed by atoms with Crippen molar-refractivity contribution >= 4 is 33.6 Å². The highest BCUT2D eigenvalue weighted by atomic mass is 32.1. The van der Waals surface area contributed by atoms with Crippen molar-refractivity contribution in [3.63, 3.8) is 0 Å². The fraction of sp³-hybridized carbons (Fsp3) is 0.200. The van der Waals surface area contributed by atoms with Crippen LogP contribution in [-0.4, -0.2) is 9.97 Å². The van der Waals surface area contributed by atoms with Crippen molar-refractivity contribution in [2.75, 3.05) is 0 Å². The first-order valence-corrected chi connectivity index (χ1v) is 10.1. The third-order valence-corrected chi connectivity index (χ3v) is 6.17. The minimum absolute atomic E-state index is 0.226. The van der Waals surface area contributed by atoms with E-state index in [2.05, 4.69) is 64.4 Å². The summed E-state index contributed by atoms with van der Waals surface area (Å²) < 4.78 is 0. The van der Waals surface area contributed by atoms with Crippen LogP contribution in [0.15, 0.2) is 59.4 Å². The Morgan fingerprint density at radius 2 is 2.04 bits per heavy atom. The van der Waals surface area contributed by atoms with E-state index in [0.717, 1.165) is 29.2 Å². The smallest absolute Gasteiger partial charge is 0.110 e. The molecule has 0 aliphatic carbocycles. The zero-order valence-electron chi connectivity index (χ0n) is 14.0. The maximum atomic E-state index is 4.71. The van der Waals surface area contributed by atoms with Crippen LogP contribution in [-0.2, 0) is 13.0 Å². The summed E-state index contributed by atoms with van der Waals surface area (Å²) in [6.07, 6.45) is 2.81. The van der Waals surface area contributed by atoms with Crippen molar-refractivity contribution in [2.45, 2.75) is 25.9 Å². The van der Waals surface area contributed by atoms with E-state index in [4.69, 9.17) is 4.98 Å². The first-order valence-electron chi connectivity index (χ1n) is 8.30. The van der Waals surface area contributed by atoms with E-state index in [1.165, 1.54) is 15.8 Å². The number of hydrogen-bond acceptors (Lipinski definition) is 5. The van der Waals surface area contributed by atoms with Gasteiger partial charge in [0.15, 0.2) is 0 Å². The molecule has 1 atom stereocenters. The Bertz CT molecular complexity index is 955. The number of benzene rings is 1. The fourth-order valence-corrected chi connectivity index (χ4v) is 4.59. The third-order valence-electron chi connectivity index (χ3n) is 4.20. The van der Waals surface area contributed by atoms with Crippen LogP contribution in [0.1, 0.15) is 27.2 Å².